The largest absolute Gasteiger partial charge is 0.308 e. The Kier molecular flexibility index (Phi) is 5.50. The molecule has 0 aliphatic carbocycles. The highest BCUT2D eigenvalue weighted by atomic mass is 79.9. The van der Waals surface area contributed by atoms with Crippen LogP contribution in [0.5, 0.6) is 0 Å². The van der Waals surface area contributed by atoms with E-state index in [2.05, 4.69) is 31.2 Å². The fraction of sp³-hybridized carbons (Fsp3) is 0.312. The summed E-state index contributed by atoms with van der Waals surface area (Å²) in [7, 11) is 1.89. The molecule has 0 unspecified atom stereocenters. The minimum Gasteiger partial charge on any atom is -0.308 e. The predicted octanol–water partition coefficient (Wildman–Crippen LogP) is 4.52. The molecule has 0 saturated carbocycles. The Labute approximate surface area is 162 Å². The third-order valence-electron chi connectivity index (χ3n) is 3.92. The topological polar surface area (TPSA) is 48.5 Å². The summed E-state index contributed by atoms with van der Waals surface area (Å²) in [5, 5.41) is 14.0. The molecule has 2 heterocycles. The van der Waals surface area contributed by atoms with Gasteiger partial charge in [-0.15, -0.1) is 10.2 Å². The van der Waals surface area contributed by atoms with Crippen molar-refractivity contribution in [3.63, 3.8) is 0 Å². The molecule has 0 aliphatic heterocycles. The van der Waals surface area contributed by atoms with Crippen LogP contribution in [0.3, 0.4) is 0 Å². The van der Waals surface area contributed by atoms with Gasteiger partial charge in [-0.2, -0.15) is 5.10 Å². The molecule has 0 radical (unpaired) electrons. The van der Waals surface area contributed by atoms with Crippen LogP contribution in [0.1, 0.15) is 22.8 Å². The van der Waals surface area contributed by atoms with E-state index in [1.54, 1.807) is 12.1 Å². The number of hydrogen-bond donors (Lipinski definition) is 0. The van der Waals surface area contributed by atoms with Gasteiger partial charge in [0.2, 0.25) is 0 Å². The number of aryl methyl sites for hydroxylation is 1. The lowest BCUT2D eigenvalue weighted by Crippen LogP contribution is -2.09. The highest BCUT2D eigenvalue weighted by Crippen LogP contribution is 2.28. The summed E-state index contributed by atoms with van der Waals surface area (Å²) in [6, 6.07) is 4.69. The Balaban J connectivity index is 1.76. The number of halogens is 3. The Hall–Kier alpha value is -1.38. The van der Waals surface area contributed by atoms with Crippen molar-refractivity contribution in [1.82, 2.24) is 24.5 Å². The van der Waals surface area contributed by atoms with Gasteiger partial charge in [-0.05, 0) is 41.9 Å². The van der Waals surface area contributed by atoms with Crippen LogP contribution < -0.4 is 0 Å². The molecule has 3 rings (SSSR count). The molecule has 0 atom stereocenters. The molecule has 2 aromatic heterocycles. The van der Waals surface area contributed by atoms with Crippen molar-refractivity contribution in [2.75, 3.05) is 0 Å². The van der Waals surface area contributed by atoms with Crippen LogP contribution >= 0.6 is 39.3 Å². The van der Waals surface area contributed by atoms with Crippen LogP contribution in [0.25, 0.3) is 0 Å². The SMILES string of the molecule is Cc1nn(Cc2nnc(SCc3c(F)cccc3Cl)n2C)c(C)c1Br. The molecule has 0 spiro atoms. The fourth-order valence-electron chi connectivity index (χ4n) is 2.38. The summed E-state index contributed by atoms with van der Waals surface area (Å²) >= 11 is 11.0. The Morgan fingerprint density at radius 1 is 1.28 bits per heavy atom. The average molecular weight is 445 g/mol. The smallest absolute Gasteiger partial charge is 0.191 e. The molecule has 0 amide bonds. The summed E-state index contributed by atoms with van der Waals surface area (Å²) in [6.07, 6.45) is 0. The first kappa shape index (κ1) is 18.4. The summed E-state index contributed by atoms with van der Waals surface area (Å²) in [6.45, 7) is 4.46. The molecule has 3 aromatic rings. The van der Waals surface area contributed by atoms with Crippen molar-refractivity contribution in [3.05, 3.63) is 56.3 Å². The van der Waals surface area contributed by atoms with Gasteiger partial charge in [-0.3, -0.25) is 4.68 Å². The number of hydrogen-bond acceptors (Lipinski definition) is 4. The van der Waals surface area contributed by atoms with E-state index in [9.17, 15) is 4.39 Å². The zero-order valence-electron chi connectivity index (χ0n) is 13.9. The average Bonchev–Trinajstić information content (AvgIpc) is 3.03. The number of nitrogens with zero attached hydrogens (tertiary/aromatic N) is 5. The van der Waals surface area contributed by atoms with E-state index in [-0.39, 0.29) is 5.82 Å². The standard InChI is InChI=1S/C16H16BrClFN5S/c1-9-15(17)10(2)24(22-9)7-14-20-21-16(23(14)3)25-8-11-12(18)5-4-6-13(11)19/h4-6H,7-8H2,1-3H3. The highest BCUT2D eigenvalue weighted by Gasteiger charge is 2.15. The Morgan fingerprint density at radius 2 is 2.04 bits per heavy atom. The maximum Gasteiger partial charge on any atom is 0.191 e. The second kappa shape index (κ2) is 7.47. The number of aromatic nitrogens is 5. The van der Waals surface area contributed by atoms with E-state index in [0.717, 1.165) is 21.7 Å². The van der Waals surface area contributed by atoms with Gasteiger partial charge in [0.25, 0.3) is 0 Å². The van der Waals surface area contributed by atoms with Crippen LogP contribution in [0.2, 0.25) is 5.02 Å². The van der Waals surface area contributed by atoms with Crippen molar-refractivity contribution in [2.24, 2.45) is 7.05 Å². The molecular weight excluding hydrogens is 429 g/mol. The van der Waals surface area contributed by atoms with Gasteiger partial charge in [-0.25, -0.2) is 4.39 Å². The van der Waals surface area contributed by atoms with Crippen LogP contribution in [0.4, 0.5) is 4.39 Å². The van der Waals surface area contributed by atoms with E-state index < -0.39 is 0 Å². The third kappa shape index (κ3) is 3.75. The predicted molar refractivity (Wildman–Crippen MR) is 100 cm³/mol. The van der Waals surface area contributed by atoms with E-state index in [0.29, 0.717) is 28.0 Å². The maximum absolute atomic E-state index is 13.9. The van der Waals surface area contributed by atoms with Crippen LogP contribution in [0, 0.1) is 19.7 Å². The fourth-order valence-corrected chi connectivity index (χ4v) is 3.94. The summed E-state index contributed by atoms with van der Waals surface area (Å²) in [5.74, 6) is 0.859. The molecule has 9 heteroatoms. The van der Waals surface area contributed by atoms with Gasteiger partial charge in [0.05, 0.1) is 15.9 Å². The molecule has 0 aliphatic rings. The molecule has 0 saturated heterocycles. The Morgan fingerprint density at radius 3 is 2.68 bits per heavy atom. The molecule has 1 aromatic carbocycles. The van der Waals surface area contributed by atoms with E-state index in [1.807, 2.05) is 30.1 Å². The summed E-state index contributed by atoms with van der Waals surface area (Å²) in [4.78, 5) is 0. The third-order valence-corrected chi connectivity index (χ3v) is 6.47. The van der Waals surface area contributed by atoms with E-state index in [1.165, 1.54) is 17.8 Å². The lowest BCUT2D eigenvalue weighted by atomic mass is 10.2. The minimum absolute atomic E-state index is 0.310. The number of benzene rings is 1. The monoisotopic (exact) mass is 443 g/mol. The zero-order valence-corrected chi connectivity index (χ0v) is 17.1. The quantitative estimate of drug-likeness (QED) is 0.543. The van der Waals surface area contributed by atoms with Gasteiger partial charge in [0.15, 0.2) is 11.0 Å². The second-order valence-corrected chi connectivity index (χ2v) is 7.73. The van der Waals surface area contributed by atoms with Gasteiger partial charge in [-0.1, -0.05) is 29.4 Å². The van der Waals surface area contributed by atoms with Crippen molar-refractivity contribution in [1.29, 1.82) is 0 Å². The van der Waals surface area contributed by atoms with Crippen LogP contribution in [-0.2, 0) is 19.3 Å². The van der Waals surface area contributed by atoms with Gasteiger partial charge in [0.1, 0.15) is 12.4 Å². The molecule has 5 nitrogen and oxygen atoms in total. The second-order valence-electron chi connectivity index (χ2n) is 5.59. The minimum atomic E-state index is -0.310. The van der Waals surface area contributed by atoms with Gasteiger partial charge in [0, 0.05) is 23.4 Å². The molecule has 0 N–H and O–H groups in total. The molecule has 0 fully saturated rings. The van der Waals surface area contributed by atoms with Crippen molar-refractivity contribution < 1.29 is 4.39 Å². The van der Waals surface area contributed by atoms with Crippen LogP contribution in [-0.4, -0.2) is 24.5 Å². The van der Waals surface area contributed by atoms with Crippen molar-refractivity contribution >= 4 is 39.3 Å². The first-order valence-electron chi connectivity index (χ1n) is 7.52. The van der Waals surface area contributed by atoms with E-state index >= 15 is 0 Å². The lowest BCUT2D eigenvalue weighted by Gasteiger charge is -2.07. The van der Waals surface area contributed by atoms with Crippen molar-refractivity contribution in [3.8, 4) is 0 Å². The number of rotatable bonds is 5. The summed E-state index contributed by atoms with van der Waals surface area (Å²) < 4.78 is 18.6. The van der Waals surface area contributed by atoms with Gasteiger partial charge >= 0.3 is 0 Å². The zero-order chi connectivity index (χ0) is 18.1. The molecular formula is C16H16BrClFN5S. The molecule has 25 heavy (non-hydrogen) atoms. The van der Waals surface area contributed by atoms with E-state index in [4.69, 9.17) is 11.6 Å². The highest BCUT2D eigenvalue weighted by molar-refractivity contribution is 9.10. The molecule has 0 bridgehead atoms. The lowest BCUT2D eigenvalue weighted by molar-refractivity contribution is 0.602. The first-order valence-corrected chi connectivity index (χ1v) is 9.67. The van der Waals surface area contributed by atoms with Crippen molar-refractivity contribution in [2.45, 2.75) is 31.3 Å². The van der Waals surface area contributed by atoms with Crippen LogP contribution in [0.15, 0.2) is 27.8 Å². The Bertz CT molecular complexity index is 903. The normalized spacial score (nSPS) is 11.3. The number of thioether (sulfide) groups is 1. The maximum atomic E-state index is 13.9. The summed E-state index contributed by atoms with van der Waals surface area (Å²) in [5.41, 5.74) is 2.44. The first-order chi connectivity index (χ1) is 11.9. The molecule has 132 valence electrons. The van der Waals surface area contributed by atoms with Gasteiger partial charge < -0.3 is 4.57 Å².